The van der Waals surface area contributed by atoms with Crippen molar-refractivity contribution in [3.63, 3.8) is 0 Å². The van der Waals surface area contributed by atoms with E-state index in [0.29, 0.717) is 23.1 Å². The molecule has 128 valence electrons. The molecule has 7 nitrogen and oxygen atoms in total. The van der Waals surface area contributed by atoms with Gasteiger partial charge in [0.15, 0.2) is 12.3 Å². The quantitative estimate of drug-likeness (QED) is 0.705. The number of hydrogen-bond donors (Lipinski definition) is 2. The van der Waals surface area contributed by atoms with E-state index in [2.05, 4.69) is 10.3 Å². The number of thiophene rings is 1. The van der Waals surface area contributed by atoms with Crippen LogP contribution in [-0.4, -0.2) is 23.4 Å². The second-order valence-corrected chi connectivity index (χ2v) is 6.08. The summed E-state index contributed by atoms with van der Waals surface area (Å²) in [4.78, 5) is 28.2. The van der Waals surface area contributed by atoms with Crippen LogP contribution < -0.4 is 15.8 Å². The van der Waals surface area contributed by atoms with Gasteiger partial charge in [0, 0.05) is 5.69 Å². The first-order valence-corrected chi connectivity index (χ1v) is 8.24. The van der Waals surface area contributed by atoms with E-state index < -0.39 is 5.91 Å². The molecule has 25 heavy (non-hydrogen) atoms. The van der Waals surface area contributed by atoms with Gasteiger partial charge in [-0.15, -0.1) is 11.3 Å². The molecule has 3 aromatic rings. The van der Waals surface area contributed by atoms with Crippen LogP contribution in [-0.2, 0) is 4.79 Å². The highest BCUT2D eigenvalue weighted by molar-refractivity contribution is 7.13. The number of amides is 2. The van der Waals surface area contributed by atoms with Gasteiger partial charge in [-0.25, -0.2) is 4.98 Å². The molecular weight excluding hydrogens is 342 g/mol. The van der Waals surface area contributed by atoms with Gasteiger partial charge in [0.05, 0.1) is 4.88 Å². The Morgan fingerprint density at radius 1 is 1.28 bits per heavy atom. The number of carbonyl (C=O) groups excluding carboxylic acids is 2. The molecule has 8 heteroatoms. The highest BCUT2D eigenvalue weighted by Crippen LogP contribution is 2.26. The molecule has 2 amide bonds. The summed E-state index contributed by atoms with van der Waals surface area (Å²) in [5.41, 5.74) is 5.82. The van der Waals surface area contributed by atoms with Crippen LogP contribution in [0.25, 0.3) is 10.8 Å². The molecule has 2 aromatic heterocycles. The maximum atomic E-state index is 12.4. The molecule has 0 fully saturated rings. The van der Waals surface area contributed by atoms with Crippen LogP contribution in [0.4, 0.5) is 5.69 Å². The number of rotatable bonds is 6. The molecule has 0 aliphatic heterocycles. The Balaban J connectivity index is 1.69. The predicted octanol–water partition coefficient (Wildman–Crippen LogP) is 2.83. The van der Waals surface area contributed by atoms with Crippen molar-refractivity contribution in [2.75, 3.05) is 11.9 Å². The zero-order valence-electron chi connectivity index (χ0n) is 13.3. The van der Waals surface area contributed by atoms with Gasteiger partial charge in [-0.2, -0.15) is 0 Å². The van der Waals surface area contributed by atoms with Crippen LogP contribution in [0.1, 0.15) is 16.2 Å². The summed E-state index contributed by atoms with van der Waals surface area (Å²) < 4.78 is 10.7. The lowest BCUT2D eigenvalue weighted by molar-refractivity contribution is -0.119. The lowest BCUT2D eigenvalue weighted by atomic mass is 10.2. The number of hydrogen-bond acceptors (Lipinski definition) is 6. The van der Waals surface area contributed by atoms with Gasteiger partial charge in [0.25, 0.3) is 11.8 Å². The summed E-state index contributed by atoms with van der Waals surface area (Å²) >= 11 is 1.49. The molecular formula is C17H15N3O4S. The summed E-state index contributed by atoms with van der Waals surface area (Å²) in [6.07, 6.45) is 0. The normalized spacial score (nSPS) is 10.4. The molecule has 3 rings (SSSR count). The Morgan fingerprint density at radius 3 is 2.68 bits per heavy atom. The fourth-order valence-electron chi connectivity index (χ4n) is 2.09. The van der Waals surface area contributed by atoms with Crippen LogP contribution in [0.15, 0.2) is 46.2 Å². The van der Waals surface area contributed by atoms with Crippen LogP contribution in [0, 0.1) is 6.92 Å². The molecule has 2 heterocycles. The number of anilines is 1. The maximum absolute atomic E-state index is 12.4. The van der Waals surface area contributed by atoms with Crippen LogP contribution in [0.5, 0.6) is 5.75 Å². The number of aromatic nitrogens is 1. The minimum absolute atomic E-state index is 0.199. The minimum atomic E-state index is -0.555. The third-order valence-corrected chi connectivity index (χ3v) is 4.09. The highest BCUT2D eigenvalue weighted by Gasteiger charge is 2.18. The Morgan fingerprint density at radius 2 is 2.04 bits per heavy atom. The Bertz CT molecular complexity index is 885. The van der Waals surface area contributed by atoms with Crippen molar-refractivity contribution >= 4 is 28.8 Å². The fraction of sp³-hybridized carbons (Fsp3) is 0.118. The maximum Gasteiger partial charge on any atom is 0.277 e. The summed E-state index contributed by atoms with van der Waals surface area (Å²) in [5, 5.41) is 4.66. The largest absolute Gasteiger partial charge is 0.484 e. The number of carbonyl (C=O) groups is 2. The second-order valence-electron chi connectivity index (χ2n) is 5.13. The van der Waals surface area contributed by atoms with E-state index in [0.717, 1.165) is 4.88 Å². The number of oxazole rings is 1. The summed E-state index contributed by atoms with van der Waals surface area (Å²) in [5.74, 6) is 0.430. The van der Waals surface area contributed by atoms with Gasteiger partial charge in [-0.1, -0.05) is 6.07 Å². The van der Waals surface area contributed by atoms with Gasteiger partial charge < -0.3 is 20.2 Å². The average Bonchev–Trinajstić information content (AvgIpc) is 3.23. The Hall–Kier alpha value is -3.13. The van der Waals surface area contributed by atoms with E-state index >= 15 is 0 Å². The summed E-state index contributed by atoms with van der Waals surface area (Å²) in [6, 6.07) is 10.3. The number of nitrogens with one attached hydrogen (secondary N) is 1. The molecule has 0 saturated carbocycles. The molecule has 0 aliphatic carbocycles. The molecule has 0 unspecified atom stereocenters. The first-order valence-electron chi connectivity index (χ1n) is 7.37. The molecule has 0 spiro atoms. The predicted molar refractivity (Wildman–Crippen MR) is 93.6 cm³/mol. The average molecular weight is 357 g/mol. The molecule has 0 bridgehead atoms. The van der Waals surface area contributed by atoms with Gasteiger partial charge in [0.1, 0.15) is 11.5 Å². The molecule has 0 aliphatic rings. The van der Waals surface area contributed by atoms with Crippen molar-refractivity contribution in [2.24, 2.45) is 5.73 Å². The standard InChI is InChI=1S/C17H15N3O4S/c1-10-15(20-17(24-10)13-3-2-8-25-13)16(22)19-11-4-6-12(7-5-11)23-9-14(18)21/h2-8H,9H2,1H3,(H2,18,21)(H,19,22). The summed E-state index contributed by atoms with van der Waals surface area (Å²) in [7, 11) is 0. The molecule has 0 saturated heterocycles. The third-order valence-electron chi connectivity index (χ3n) is 3.24. The van der Waals surface area contributed by atoms with Crippen LogP contribution in [0.3, 0.4) is 0 Å². The molecule has 1 aromatic carbocycles. The van der Waals surface area contributed by atoms with Crippen molar-refractivity contribution in [1.82, 2.24) is 4.98 Å². The zero-order chi connectivity index (χ0) is 17.8. The number of primary amides is 1. The van der Waals surface area contributed by atoms with Crippen molar-refractivity contribution < 1.29 is 18.7 Å². The Kier molecular flexibility index (Phi) is 4.80. The van der Waals surface area contributed by atoms with E-state index in [4.69, 9.17) is 14.9 Å². The number of ether oxygens (including phenoxy) is 1. The van der Waals surface area contributed by atoms with E-state index in [1.165, 1.54) is 11.3 Å². The highest BCUT2D eigenvalue weighted by atomic mass is 32.1. The van der Waals surface area contributed by atoms with Crippen LogP contribution in [0.2, 0.25) is 0 Å². The number of nitrogens with two attached hydrogens (primary N) is 1. The molecule has 0 atom stereocenters. The molecule has 3 N–H and O–H groups in total. The zero-order valence-corrected chi connectivity index (χ0v) is 14.1. The number of nitrogens with zero attached hydrogens (tertiary/aromatic N) is 1. The first-order chi connectivity index (χ1) is 12.0. The number of benzene rings is 1. The first kappa shape index (κ1) is 16.7. The molecule has 0 radical (unpaired) electrons. The van der Waals surface area contributed by atoms with E-state index in [9.17, 15) is 9.59 Å². The van der Waals surface area contributed by atoms with Crippen molar-refractivity contribution in [1.29, 1.82) is 0 Å². The lowest BCUT2D eigenvalue weighted by Crippen LogP contribution is -2.20. The smallest absolute Gasteiger partial charge is 0.277 e. The van der Waals surface area contributed by atoms with E-state index in [1.807, 2.05) is 17.5 Å². The lowest BCUT2D eigenvalue weighted by Gasteiger charge is -2.06. The van der Waals surface area contributed by atoms with E-state index in [-0.39, 0.29) is 18.2 Å². The number of aryl methyl sites for hydroxylation is 1. The van der Waals surface area contributed by atoms with Crippen LogP contribution >= 0.6 is 11.3 Å². The SMILES string of the molecule is Cc1oc(-c2cccs2)nc1C(=O)Nc1ccc(OCC(N)=O)cc1. The summed E-state index contributed by atoms with van der Waals surface area (Å²) in [6.45, 7) is 1.50. The van der Waals surface area contributed by atoms with Crippen molar-refractivity contribution in [3.05, 3.63) is 53.2 Å². The third kappa shape index (κ3) is 4.04. The second kappa shape index (κ2) is 7.18. The fourth-order valence-corrected chi connectivity index (χ4v) is 2.74. The minimum Gasteiger partial charge on any atom is -0.484 e. The van der Waals surface area contributed by atoms with Crippen molar-refractivity contribution in [2.45, 2.75) is 6.92 Å². The van der Waals surface area contributed by atoms with Gasteiger partial charge in [-0.05, 0) is 42.6 Å². The monoisotopic (exact) mass is 357 g/mol. The van der Waals surface area contributed by atoms with E-state index in [1.54, 1.807) is 31.2 Å². The van der Waals surface area contributed by atoms with Gasteiger partial charge in [-0.3, -0.25) is 9.59 Å². The van der Waals surface area contributed by atoms with Gasteiger partial charge >= 0.3 is 0 Å². The topological polar surface area (TPSA) is 107 Å². The Labute approximate surface area is 147 Å². The van der Waals surface area contributed by atoms with Crippen molar-refractivity contribution in [3.8, 4) is 16.5 Å². The van der Waals surface area contributed by atoms with Gasteiger partial charge in [0.2, 0.25) is 5.89 Å².